The van der Waals surface area contributed by atoms with Crippen LogP contribution in [-0.2, 0) is 9.47 Å². The predicted molar refractivity (Wildman–Crippen MR) is 67.1 cm³/mol. The lowest BCUT2D eigenvalue weighted by Gasteiger charge is -2.39. The Bertz CT molecular complexity index is 245. The molecular weight excluding hydrogens is 214 g/mol. The van der Waals surface area contributed by atoms with Gasteiger partial charge in [-0.2, -0.15) is 0 Å². The summed E-state index contributed by atoms with van der Waals surface area (Å²) >= 11 is 0. The maximum atomic E-state index is 6.06. The molecule has 0 bridgehead atoms. The maximum absolute atomic E-state index is 6.06. The fraction of sp³-hybridized carbons (Fsp3) is 1.00. The Morgan fingerprint density at radius 3 is 2.76 bits per heavy atom. The molecule has 0 aromatic carbocycles. The van der Waals surface area contributed by atoms with Gasteiger partial charge < -0.3 is 14.8 Å². The van der Waals surface area contributed by atoms with E-state index in [1.165, 1.54) is 44.9 Å². The van der Waals surface area contributed by atoms with Crippen LogP contribution in [0.5, 0.6) is 0 Å². The van der Waals surface area contributed by atoms with Gasteiger partial charge in [-0.1, -0.05) is 12.8 Å². The number of hydrogen-bond acceptors (Lipinski definition) is 3. The van der Waals surface area contributed by atoms with Crippen LogP contribution in [-0.4, -0.2) is 38.0 Å². The zero-order valence-corrected chi connectivity index (χ0v) is 10.7. The molecule has 0 radical (unpaired) electrons. The van der Waals surface area contributed by atoms with E-state index in [0.29, 0.717) is 6.04 Å². The molecule has 1 N–H and O–H groups in total. The van der Waals surface area contributed by atoms with Gasteiger partial charge in [-0.25, -0.2) is 0 Å². The quantitative estimate of drug-likeness (QED) is 0.818. The fourth-order valence-electron chi connectivity index (χ4n) is 3.65. The van der Waals surface area contributed by atoms with Crippen molar-refractivity contribution in [3.63, 3.8) is 0 Å². The summed E-state index contributed by atoms with van der Waals surface area (Å²) in [6.07, 6.45) is 8.97. The molecule has 2 heterocycles. The third-order valence-corrected chi connectivity index (χ3v) is 4.73. The zero-order valence-electron chi connectivity index (χ0n) is 10.7. The first-order valence-corrected chi connectivity index (χ1v) is 7.31. The Labute approximate surface area is 104 Å². The first-order chi connectivity index (χ1) is 8.36. The van der Waals surface area contributed by atoms with Gasteiger partial charge in [0.2, 0.25) is 0 Å². The van der Waals surface area contributed by atoms with Gasteiger partial charge in [-0.05, 0) is 38.0 Å². The number of rotatable bonds is 3. The molecule has 2 saturated heterocycles. The van der Waals surface area contributed by atoms with Crippen molar-refractivity contribution in [2.75, 3.05) is 26.4 Å². The monoisotopic (exact) mass is 239 g/mol. The minimum Gasteiger partial charge on any atom is -0.381 e. The molecule has 2 unspecified atom stereocenters. The van der Waals surface area contributed by atoms with Gasteiger partial charge in [0.25, 0.3) is 0 Å². The number of ether oxygens (including phenoxy) is 2. The van der Waals surface area contributed by atoms with Crippen LogP contribution in [0.25, 0.3) is 0 Å². The fourth-order valence-corrected chi connectivity index (χ4v) is 3.65. The van der Waals surface area contributed by atoms with Crippen LogP contribution in [0.3, 0.4) is 0 Å². The highest BCUT2D eigenvalue weighted by Crippen LogP contribution is 2.39. The minimum atomic E-state index is 0.252. The van der Waals surface area contributed by atoms with Crippen molar-refractivity contribution in [3.05, 3.63) is 0 Å². The van der Waals surface area contributed by atoms with Crippen molar-refractivity contribution in [2.45, 2.75) is 56.6 Å². The number of nitrogens with one attached hydrogen (secondary N) is 1. The molecule has 1 saturated carbocycles. The van der Waals surface area contributed by atoms with Crippen molar-refractivity contribution in [1.82, 2.24) is 5.32 Å². The molecule has 3 nitrogen and oxygen atoms in total. The summed E-state index contributed by atoms with van der Waals surface area (Å²) < 4.78 is 11.5. The zero-order chi connectivity index (χ0) is 11.6. The van der Waals surface area contributed by atoms with Crippen molar-refractivity contribution in [1.29, 1.82) is 0 Å². The van der Waals surface area contributed by atoms with E-state index in [0.717, 1.165) is 32.3 Å². The van der Waals surface area contributed by atoms with E-state index in [2.05, 4.69) is 5.32 Å². The van der Waals surface area contributed by atoms with Crippen LogP contribution in [0.15, 0.2) is 0 Å². The normalized spacial score (nSPS) is 36.7. The van der Waals surface area contributed by atoms with E-state index in [1.54, 1.807) is 0 Å². The van der Waals surface area contributed by atoms with Gasteiger partial charge >= 0.3 is 0 Å². The summed E-state index contributed by atoms with van der Waals surface area (Å²) in [6, 6.07) is 0.683. The Hall–Kier alpha value is -0.120. The maximum Gasteiger partial charge on any atom is 0.0697 e. The topological polar surface area (TPSA) is 30.5 Å². The second-order valence-electron chi connectivity index (χ2n) is 6.07. The molecule has 1 aliphatic carbocycles. The second-order valence-corrected chi connectivity index (χ2v) is 6.07. The van der Waals surface area contributed by atoms with E-state index in [9.17, 15) is 0 Å². The van der Waals surface area contributed by atoms with Crippen LogP contribution >= 0.6 is 0 Å². The third kappa shape index (κ3) is 2.83. The molecule has 1 spiro atoms. The van der Waals surface area contributed by atoms with Gasteiger partial charge in [0, 0.05) is 25.8 Å². The molecule has 98 valence electrons. The molecular formula is C14H25NO2. The summed E-state index contributed by atoms with van der Waals surface area (Å²) in [6.45, 7) is 4.02. The lowest BCUT2D eigenvalue weighted by molar-refractivity contribution is -0.0838. The van der Waals surface area contributed by atoms with Crippen LogP contribution in [0, 0.1) is 5.92 Å². The third-order valence-electron chi connectivity index (χ3n) is 4.73. The van der Waals surface area contributed by atoms with Gasteiger partial charge in [0.05, 0.1) is 12.2 Å². The highest BCUT2D eigenvalue weighted by molar-refractivity contribution is 4.93. The van der Waals surface area contributed by atoms with Gasteiger partial charge in [0.15, 0.2) is 0 Å². The highest BCUT2D eigenvalue weighted by atomic mass is 16.5. The molecule has 0 aromatic heterocycles. The standard InChI is InChI=1S/C14H25NO2/c1-2-6-14(5-1)9-13(4-8-17-14)15-10-12-3-7-16-11-12/h12-13,15H,1-11H2. The summed E-state index contributed by atoms with van der Waals surface area (Å²) in [5.74, 6) is 0.748. The van der Waals surface area contributed by atoms with E-state index in [1.807, 2.05) is 0 Å². The van der Waals surface area contributed by atoms with Gasteiger partial charge in [-0.15, -0.1) is 0 Å². The van der Waals surface area contributed by atoms with Crippen molar-refractivity contribution in [2.24, 2.45) is 5.92 Å². The van der Waals surface area contributed by atoms with E-state index in [-0.39, 0.29) is 5.60 Å². The molecule has 0 aromatic rings. The second kappa shape index (κ2) is 5.25. The Kier molecular flexibility index (Phi) is 3.69. The summed E-state index contributed by atoms with van der Waals surface area (Å²) in [5, 5.41) is 3.75. The average molecular weight is 239 g/mol. The van der Waals surface area contributed by atoms with Crippen molar-refractivity contribution < 1.29 is 9.47 Å². The lowest BCUT2D eigenvalue weighted by Crippen LogP contribution is -2.46. The summed E-state index contributed by atoms with van der Waals surface area (Å²) in [7, 11) is 0. The number of hydrogen-bond donors (Lipinski definition) is 1. The lowest BCUT2D eigenvalue weighted by atomic mass is 9.88. The largest absolute Gasteiger partial charge is 0.381 e. The SMILES string of the molecule is C1CCC2(C1)CC(NCC1CCOC1)CCO2. The van der Waals surface area contributed by atoms with Crippen LogP contribution in [0.1, 0.15) is 44.9 Å². The predicted octanol–water partition coefficient (Wildman–Crippen LogP) is 2.10. The minimum absolute atomic E-state index is 0.252. The molecule has 2 aliphatic heterocycles. The van der Waals surface area contributed by atoms with E-state index < -0.39 is 0 Å². The first kappa shape index (κ1) is 11.9. The smallest absolute Gasteiger partial charge is 0.0697 e. The Balaban J connectivity index is 1.46. The van der Waals surface area contributed by atoms with Gasteiger partial charge in [-0.3, -0.25) is 0 Å². The molecule has 3 heteroatoms. The highest BCUT2D eigenvalue weighted by Gasteiger charge is 2.39. The Morgan fingerprint density at radius 2 is 2.00 bits per heavy atom. The van der Waals surface area contributed by atoms with Crippen LogP contribution < -0.4 is 5.32 Å². The van der Waals surface area contributed by atoms with Crippen LogP contribution in [0.4, 0.5) is 0 Å². The molecule has 17 heavy (non-hydrogen) atoms. The molecule has 3 aliphatic rings. The molecule has 3 rings (SSSR count). The van der Waals surface area contributed by atoms with E-state index >= 15 is 0 Å². The molecule has 2 atom stereocenters. The van der Waals surface area contributed by atoms with Gasteiger partial charge in [0.1, 0.15) is 0 Å². The molecule has 0 amide bonds. The Morgan fingerprint density at radius 1 is 1.12 bits per heavy atom. The first-order valence-electron chi connectivity index (χ1n) is 7.31. The summed E-state index contributed by atoms with van der Waals surface area (Å²) in [4.78, 5) is 0. The molecule has 3 fully saturated rings. The average Bonchev–Trinajstić information content (AvgIpc) is 2.99. The van der Waals surface area contributed by atoms with Crippen LogP contribution in [0.2, 0.25) is 0 Å². The van der Waals surface area contributed by atoms with Crippen molar-refractivity contribution >= 4 is 0 Å². The van der Waals surface area contributed by atoms with Crippen molar-refractivity contribution in [3.8, 4) is 0 Å². The van der Waals surface area contributed by atoms with E-state index in [4.69, 9.17) is 9.47 Å². The summed E-state index contributed by atoms with van der Waals surface area (Å²) in [5.41, 5.74) is 0.252.